The number of rotatable bonds is 1. The lowest BCUT2D eigenvalue weighted by atomic mass is 10.2. The molecule has 0 unspecified atom stereocenters. The minimum atomic E-state index is -0.483. The van der Waals surface area contributed by atoms with Crippen LogP contribution >= 0.6 is 12.2 Å². The maximum Gasteiger partial charge on any atom is 0.270 e. The Kier molecular flexibility index (Phi) is 2.12. The first-order chi connectivity index (χ1) is 7.09. The number of nitro groups is 1. The van der Waals surface area contributed by atoms with Gasteiger partial charge >= 0.3 is 0 Å². The van der Waals surface area contributed by atoms with Gasteiger partial charge in [-0.05, 0) is 18.2 Å². The Morgan fingerprint density at radius 3 is 2.73 bits per heavy atom. The molecule has 0 spiro atoms. The van der Waals surface area contributed by atoms with Gasteiger partial charge in [-0.25, -0.2) is 0 Å². The van der Waals surface area contributed by atoms with Crippen LogP contribution in [0.15, 0.2) is 30.3 Å². The molecule has 1 N–H and O–H groups in total. The first-order valence-corrected chi connectivity index (χ1v) is 4.50. The van der Waals surface area contributed by atoms with Gasteiger partial charge in [0.25, 0.3) is 5.69 Å². The molecule has 1 heterocycles. The SMILES string of the molecule is O=[N+]([O-])c1ccc2c(ccc(=S)n2O)c1. The number of non-ortho nitro benzene ring substituents is 1. The Bertz CT molecular complexity index is 606. The highest BCUT2D eigenvalue weighted by atomic mass is 32.1. The van der Waals surface area contributed by atoms with Crippen molar-refractivity contribution < 1.29 is 10.1 Å². The molecule has 0 aliphatic carbocycles. The molecule has 0 atom stereocenters. The van der Waals surface area contributed by atoms with Crippen molar-refractivity contribution in [2.45, 2.75) is 0 Å². The molecule has 15 heavy (non-hydrogen) atoms. The fourth-order valence-corrected chi connectivity index (χ4v) is 1.50. The lowest BCUT2D eigenvalue weighted by Gasteiger charge is -2.03. The third-order valence-corrected chi connectivity index (χ3v) is 2.37. The molecule has 0 radical (unpaired) electrons. The number of nitrogens with zero attached hydrogens (tertiary/aromatic N) is 2. The van der Waals surface area contributed by atoms with Crippen LogP contribution < -0.4 is 0 Å². The van der Waals surface area contributed by atoms with E-state index in [1.165, 1.54) is 24.3 Å². The zero-order valence-electron chi connectivity index (χ0n) is 7.45. The maximum absolute atomic E-state index is 10.5. The summed E-state index contributed by atoms with van der Waals surface area (Å²) in [5.74, 6) is 0. The minimum Gasteiger partial charge on any atom is -0.427 e. The van der Waals surface area contributed by atoms with Crippen molar-refractivity contribution in [2.75, 3.05) is 0 Å². The largest absolute Gasteiger partial charge is 0.427 e. The lowest BCUT2D eigenvalue weighted by Crippen LogP contribution is -1.96. The summed E-state index contributed by atoms with van der Waals surface area (Å²) < 4.78 is 1.09. The second-order valence-corrected chi connectivity index (χ2v) is 3.40. The number of nitro benzene ring substituents is 1. The first kappa shape index (κ1) is 9.60. The third-order valence-electron chi connectivity index (χ3n) is 2.06. The molecule has 5 nitrogen and oxygen atoms in total. The first-order valence-electron chi connectivity index (χ1n) is 4.09. The van der Waals surface area contributed by atoms with Crippen molar-refractivity contribution in [3.63, 3.8) is 0 Å². The molecular formula is C9H6N2O3S. The van der Waals surface area contributed by atoms with Gasteiger partial charge in [-0.2, -0.15) is 4.73 Å². The second kappa shape index (κ2) is 3.32. The van der Waals surface area contributed by atoms with Crippen LogP contribution in [-0.2, 0) is 0 Å². The summed E-state index contributed by atoms with van der Waals surface area (Å²) in [4.78, 5) is 10.0. The van der Waals surface area contributed by atoms with Gasteiger partial charge in [0.2, 0.25) is 0 Å². The molecule has 0 fully saturated rings. The molecule has 0 amide bonds. The summed E-state index contributed by atoms with van der Waals surface area (Å²) in [5.41, 5.74) is 0.438. The maximum atomic E-state index is 10.5. The summed E-state index contributed by atoms with van der Waals surface area (Å²) in [6.07, 6.45) is 0. The molecule has 0 saturated heterocycles. The van der Waals surface area contributed by atoms with E-state index in [1.54, 1.807) is 6.07 Å². The highest BCUT2D eigenvalue weighted by Crippen LogP contribution is 2.20. The van der Waals surface area contributed by atoms with Gasteiger partial charge in [-0.1, -0.05) is 12.2 Å². The molecule has 1 aromatic carbocycles. The fraction of sp³-hybridized carbons (Fsp3) is 0. The topological polar surface area (TPSA) is 68.3 Å². The number of fused-ring (bicyclic) bond motifs is 1. The zero-order chi connectivity index (χ0) is 11.0. The summed E-state index contributed by atoms with van der Waals surface area (Å²) >= 11 is 4.84. The molecule has 0 aliphatic heterocycles. The number of hydrogen-bond acceptors (Lipinski definition) is 4. The number of aromatic nitrogens is 1. The molecule has 0 saturated carbocycles. The molecule has 2 rings (SSSR count). The van der Waals surface area contributed by atoms with Crippen molar-refractivity contribution in [3.8, 4) is 0 Å². The Morgan fingerprint density at radius 1 is 1.33 bits per heavy atom. The van der Waals surface area contributed by atoms with E-state index in [0.717, 1.165) is 4.73 Å². The fourth-order valence-electron chi connectivity index (χ4n) is 1.33. The van der Waals surface area contributed by atoms with E-state index < -0.39 is 4.92 Å². The smallest absolute Gasteiger partial charge is 0.270 e. The molecule has 2 aromatic rings. The Hall–Kier alpha value is -1.95. The average Bonchev–Trinajstić information content (AvgIpc) is 2.23. The average molecular weight is 222 g/mol. The third kappa shape index (κ3) is 1.55. The molecule has 1 aromatic heterocycles. The van der Waals surface area contributed by atoms with Crippen molar-refractivity contribution >= 4 is 28.8 Å². The predicted octanol–water partition coefficient (Wildman–Crippen LogP) is 2.52. The summed E-state index contributed by atoms with van der Waals surface area (Å²) in [6.45, 7) is 0. The molecule has 76 valence electrons. The van der Waals surface area contributed by atoms with Crippen LogP contribution in [0.4, 0.5) is 5.69 Å². The lowest BCUT2D eigenvalue weighted by molar-refractivity contribution is -0.384. The van der Waals surface area contributed by atoms with Gasteiger partial charge in [0.1, 0.15) is 4.64 Å². The molecule has 6 heteroatoms. The van der Waals surface area contributed by atoms with E-state index in [1.807, 2.05) is 0 Å². The highest BCUT2D eigenvalue weighted by Gasteiger charge is 2.07. The van der Waals surface area contributed by atoms with E-state index in [-0.39, 0.29) is 10.3 Å². The van der Waals surface area contributed by atoms with E-state index in [0.29, 0.717) is 10.9 Å². The van der Waals surface area contributed by atoms with Crippen LogP contribution in [0.2, 0.25) is 0 Å². The van der Waals surface area contributed by atoms with E-state index in [2.05, 4.69) is 0 Å². The van der Waals surface area contributed by atoms with Crippen molar-refractivity contribution in [1.29, 1.82) is 0 Å². The molecular weight excluding hydrogens is 216 g/mol. The van der Waals surface area contributed by atoms with Gasteiger partial charge in [-0.15, -0.1) is 0 Å². The zero-order valence-corrected chi connectivity index (χ0v) is 8.27. The number of benzene rings is 1. The quantitative estimate of drug-likeness (QED) is 0.348. The van der Waals surface area contributed by atoms with Crippen LogP contribution in [0, 0.1) is 14.8 Å². The highest BCUT2D eigenvalue weighted by molar-refractivity contribution is 7.71. The van der Waals surface area contributed by atoms with Gasteiger partial charge in [0.15, 0.2) is 0 Å². The van der Waals surface area contributed by atoms with Crippen LogP contribution in [-0.4, -0.2) is 14.9 Å². The standard InChI is InChI=1S/C9H6N2O3S/c12-10-8-3-2-7(11(13)14)5-6(8)1-4-9(10)15/h1-5,12H. The van der Waals surface area contributed by atoms with Crippen LogP contribution in [0.25, 0.3) is 10.9 Å². The normalized spacial score (nSPS) is 10.4. The Balaban J connectivity index is 2.81. The van der Waals surface area contributed by atoms with E-state index in [9.17, 15) is 15.3 Å². The van der Waals surface area contributed by atoms with Crippen LogP contribution in [0.5, 0.6) is 0 Å². The van der Waals surface area contributed by atoms with Gasteiger partial charge < -0.3 is 5.21 Å². The predicted molar refractivity (Wildman–Crippen MR) is 56.6 cm³/mol. The van der Waals surface area contributed by atoms with Gasteiger partial charge in [0, 0.05) is 17.5 Å². The number of hydrogen-bond donors (Lipinski definition) is 1. The summed E-state index contributed by atoms with van der Waals surface area (Å²) in [5, 5.41) is 20.6. The minimum absolute atomic E-state index is 0.0142. The monoisotopic (exact) mass is 222 g/mol. The van der Waals surface area contributed by atoms with Gasteiger partial charge in [-0.3, -0.25) is 10.1 Å². The summed E-state index contributed by atoms with van der Waals surface area (Å²) in [6, 6.07) is 7.32. The van der Waals surface area contributed by atoms with E-state index in [4.69, 9.17) is 12.2 Å². The van der Waals surface area contributed by atoms with Crippen molar-refractivity contribution in [3.05, 3.63) is 45.1 Å². The number of pyridine rings is 1. The van der Waals surface area contributed by atoms with Crippen molar-refractivity contribution in [2.24, 2.45) is 0 Å². The second-order valence-electron chi connectivity index (χ2n) is 2.98. The van der Waals surface area contributed by atoms with Crippen LogP contribution in [0.3, 0.4) is 0 Å². The van der Waals surface area contributed by atoms with Gasteiger partial charge in [0.05, 0.1) is 10.4 Å². The molecule has 0 aliphatic rings. The summed E-state index contributed by atoms with van der Waals surface area (Å²) in [7, 11) is 0. The van der Waals surface area contributed by atoms with Crippen molar-refractivity contribution in [1.82, 2.24) is 4.73 Å². The Labute approximate surface area is 89.3 Å². The molecule has 0 bridgehead atoms. The Morgan fingerprint density at radius 2 is 2.07 bits per heavy atom. The van der Waals surface area contributed by atoms with Crippen LogP contribution in [0.1, 0.15) is 0 Å². The van der Waals surface area contributed by atoms with E-state index >= 15 is 0 Å².